The summed E-state index contributed by atoms with van der Waals surface area (Å²) in [6, 6.07) is 2.93. The molecule has 1 saturated heterocycles. The molecule has 0 radical (unpaired) electrons. The van der Waals surface area contributed by atoms with Crippen LogP contribution < -0.4 is 15.8 Å². The summed E-state index contributed by atoms with van der Waals surface area (Å²) in [6.45, 7) is 2.26. The van der Waals surface area contributed by atoms with E-state index in [0.29, 0.717) is 25.6 Å². The fourth-order valence-electron chi connectivity index (χ4n) is 4.36. The third-order valence-electron chi connectivity index (χ3n) is 6.12. The van der Waals surface area contributed by atoms with Gasteiger partial charge in [0, 0.05) is 38.0 Å². The minimum absolute atomic E-state index is 0.0276. The number of nitrogens with zero attached hydrogens (tertiary/aromatic N) is 3. The first-order valence-corrected chi connectivity index (χ1v) is 10.6. The lowest BCUT2D eigenvalue weighted by molar-refractivity contribution is 0.0256. The average Bonchev–Trinajstić information content (AvgIpc) is 2.80. The van der Waals surface area contributed by atoms with Crippen molar-refractivity contribution in [1.82, 2.24) is 14.9 Å². The van der Waals surface area contributed by atoms with Crippen LogP contribution in [0.15, 0.2) is 29.2 Å². The van der Waals surface area contributed by atoms with Crippen molar-refractivity contribution in [2.45, 2.75) is 38.6 Å². The molecule has 2 aliphatic heterocycles. The topological polar surface area (TPSA) is 104 Å². The molecule has 2 atom stereocenters. The van der Waals surface area contributed by atoms with Gasteiger partial charge in [0.1, 0.15) is 23.4 Å². The van der Waals surface area contributed by atoms with E-state index in [1.807, 2.05) is 0 Å². The first-order valence-electron chi connectivity index (χ1n) is 10.6. The Labute approximate surface area is 188 Å². The van der Waals surface area contributed by atoms with Crippen LogP contribution in [0.1, 0.15) is 46.2 Å². The van der Waals surface area contributed by atoms with Crippen molar-refractivity contribution in [2.24, 2.45) is 0 Å². The van der Waals surface area contributed by atoms with Gasteiger partial charge >= 0.3 is 0 Å². The quantitative estimate of drug-likeness (QED) is 0.695. The lowest BCUT2D eigenvalue weighted by Crippen LogP contribution is -2.65. The maximum absolute atomic E-state index is 13.9. The van der Waals surface area contributed by atoms with Crippen molar-refractivity contribution >= 4 is 11.8 Å². The predicted octanol–water partition coefficient (Wildman–Crippen LogP) is 1.31. The molecule has 2 amide bonds. The summed E-state index contributed by atoms with van der Waals surface area (Å²) in [7, 11) is 1.58. The maximum Gasteiger partial charge on any atom is 0.278 e. The van der Waals surface area contributed by atoms with Crippen molar-refractivity contribution in [3.8, 4) is 5.75 Å². The predicted molar refractivity (Wildman–Crippen MR) is 114 cm³/mol. The SMILES string of the molecule is CCN1C(=O)c2c(O)c(=O)c(C(=O)NCc3ccc(F)cc3F)cn2N2C[C@H](OC)CC[C@@H]12. The van der Waals surface area contributed by atoms with Gasteiger partial charge in [-0.05, 0) is 25.8 Å². The molecular formula is C22H24F2N4O5. The number of aromatic hydroxyl groups is 1. The second-order valence-corrected chi connectivity index (χ2v) is 7.96. The molecule has 1 fully saturated rings. The van der Waals surface area contributed by atoms with Crippen LogP contribution in [0.4, 0.5) is 8.78 Å². The normalized spacial score (nSPS) is 19.8. The lowest BCUT2D eigenvalue weighted by Gasteiger charge is -2.50. The van der Waals surface area contributed by atoms with Gasteiger partial charge < -0.3 is 20.1 Å². The van der Waals surface area contributed by atoms with Gasteiger partial charge in [-0.3, -0.25) is 24.1 Å². The minimum atomic E-state index is -1.01. The minimum Gasteiger partial charge on any atom is -0.502 e. The number of hydrogen-bond donors (Lipinski definition) is 2. The van der Waals surface area contributed by atoms with Crippen LogP contribution in [0.2, 0.25) is 0 Å². The number of nitrogens with one attached hydrogen (secondary N) is 1. The molecule has 0 spiro atoms. The second-order valence-electron chi connectivity index (χ2n) is 7.96. The number of rotatable bonds is 5. The zero-order valence-corrected chi connectivity index (χ0v) is 18.2. The molecule has 0 unspecified atom stereocenters. The Morgan fingerprint density at radius 3 is 2.70 bits per heavy atom. The molecule has 0 aliphatic carbocycles. The highest BCUT2D eigenvalue weighted by Gasteiger charge is 2.42. The highest BCUT2D eigenvalue weighted by atomic mass is 19.1. The summed E-state index contributed by atoms with van der Waals surface area (Å²) in [6.07, 6.45) is 2.08. The maximum atomic E-state index is 13.9. The van der Waals surface area contributed by atoms with Gasteiger partial charge in [0.05, 0.1) is 12.6 Å². The van der Waals surface area contributed by atoms with Gasteiger partial charge in [-0.15, -0.1) is 0 Å². The Hall–Kier alpha value is -3.47. The molecule has 0 bridgehead atoms. The van der Waals surface area contributed by atoms with Gasteiger partial charge in [0.2, 0.25) is 5.43 Å². The number of carbonyl (C=O) groups excluding carboxylic acids is 2. The van der Waals surface area contributed by atoms with Gasteiger partial charge in [-0.25, -0.2) is 8.78 Å². The monoisotopic (exact) mass is 462 g/mol. The van der Waals surface area contributed by atoms with Gasteiger partial charge in [-0.1, -0.05) is 6.07 Å². The van der Waals surface area contributed by atoms with Crippen LogP contribution in [0.25, 0.3) is 0 Å². The fraction of sp³-hybridized carbons (Fsp3) is 0.409. The molecule has 9 nitrogen and oxygen atoms in total. The van der Waals surface area contributed by atoms with Crippen LogP contribution in [0.5, 0.6) is 5.75 Å². The van der Waals surface area contributed by atoms with E-state index in [1.54, 1.807) is 23.9 Å². The largest absolute Gasteiger partial charge is 0.502 e. The summed E-state index contributed by atoms with van der Waals surface area (Å²) in [5, 5.41) is 14.8. The number of pyridine rings is 1. The molecular weight excluding hydrogens is 438 g/mol. The van der Waals surface area contributed by atoms with Crippen molar-refractivity contribution in [3.63, 3.8) is 0 Å². The Morgan fingerprint density at radius 1 is 1.27 bits per heavy atom. The summed E-state index contributed by atoms with van der Waals surface area (Å²) in [5.74, 6) is -3.80. The molecule has 2 N–H and O–H groups in total. The van der Waals surface area contributed by atoms with Crippen molar-refractivity contribution < 1.29 is 28.2 Å². The van der Waals surface area contributed by atoms with Crippen LogP contribution in [0.3, 0.4) is 0 Å². The zero-order valence-electron chi connectivity index (χ0n) is 18.2. The molecule has 11 heteroatoms. The molecule has 4 rings (SSSR count). The lowest BCUT2D eigenvalue weighted by atomic mass is 10.0. The highest BCUT2D eigenvalue weighted by molar-refractivity contribution is 5.99. The summed E-state index contributed by atoms with van der Waals surface area (Å²) in [4.78, 5) is 40.2. The molecule has 3 heterocycles. The number of hydrogen-bond acceptors (Lipinski definition) is 6. The third-order valence-corrected chi connectivity index (χ3v) is 6.12. The molecule has 1 aromatic carbocycles. The van der Waals surface area contributed by atoms with Crippen molar-refractivity contribution in [2.75, 3.05) is 25.2 Å². The molecule has 1 aromatic heterocycles. The standard InChI is InChI=1S/C22H24F2N4O5/c1-3-26-17-7-6-14(33-2)10-27(17)28-11-15(19(29)20(30)18(28)22(26)32)21(31)25-9-12-4-5-13(23)8-16(12)24/h4-5,8,11,14,17,30H,3,6-7,9-10H2,1-2H3,(H,25,31)/t14-,17+/m1/s1. The highest BCUT2D eigenvalue weighted by Crippen LogP contribution is 2.30. The molecule has 176 valence electrons. The number of carbonyl (C=O) groups is 2. The fourth-order valence-corrected chi connectivity index (χ4v) is 4.36. The Morgan fingerprint density at radius 2 is 2.03 bits per heavy atom. The number of amides is 2. The number of methoxy groups -OCH3 is 1. The van der Waals surface area contributed by atoms with E-state index in [1.165, 1.54) is 16.9 Å². The number of halogens is 2. The van der Waals surface area contributed by atoms with Crippen LogP contribution >= 0.6 is 0 Å². The Balaban J connectivity index is 1.70. The van der Waals surface area contributed by atoms with E-state index in [-0.39, 0.29) is 30.1 Å². The van der Waals surface area contributed by atoms with E-state index in [0.717, 1.165) is 12.5 Å². The van der Waals surface area contributed by atoms with Crippen molar-refractivity contribution in [1.29, 1.82) is 0 Å². The van der Waals surface area contributed by atoms with E-state index >= 15 is 0 Å². The van der Waals surface area contributed by atoms with Gasteiger partial charge in [0.15, 0.2) is 11.4 Å². The van der Waals surface area contributed by atoms with Crippen molar-refractivity contribution in [3.05, 3.63) is 63.1 Å². The Bertz CT molecular complexity index is 1170. The number of ether oxygens (including phenoxy) is 1. The average molecular weight is 462 g/mol. The number of benzene rings is 1. The number of piperidine rings is 1. The first kappa shape index (κ1) is 22.7. The van der Waals surface area contributed by atoms with E-state index in [9.17, 15) is 28.3 Å². The van der Waals surface area contributed by atoms with Gasteiger partial charge in [-0.2, -0.15) is 0 Å². The molecule has 2 aromatic rings. The second kappa shape index (κ2) is 8.81. The zero-order chi connectivity index (χ0) is 23.9. The van der Waals surface area contributed by atoms with E-state index < -0.39 is 40.2 Å². The number of aromatic nitrogens is 1. The summed E-state index contributed by atoms with van der Waals surface area (Å²) >= 11 is 0. The molecule has 2 aliphatic rings. The van der Waals surface area contributed by atoms with Crippen LogP contribution in [-0.2, 0) is 11.3 Å². The number of fused-ring (bicyclic) bond motifs is 3. The Kier molecular flexibility index (Phi) is 6.07. The first-order chi connectivity index (χ1) is 15.8. The van der Waals surface area contributed by atoms with Gasteiger partial charge in [0.25, 0.3) is 11.8 Å². The third kappa shape index (κ3) is 3.92. The van der Waals surface area contributed by atoms with E-state index in [2.05, 4.69) is 5.32 Å². The summed E-state index contributed by atoms with van der Waals surface area (Å²) in [5.41, 5.74) is -1.62. The summed E-state index contributed by atoms with van der Waals surface area (Å²) < 4.78 is 33.8. The van der Waals surface area contributed by atoms with Crippen LogP contribution in [-0.4, -0.2) is 59.0 Å². The molecule has 33 heavy (non-hydrogen) atoms. The van der Waals surface area contributed by atoms with E-state index in [4.69, 9.17) is 4.74 Å². The smallest absolute Gasteiger partial charge is 0.278 e. The van der Waals surface area contributed by atoms with Crippen LogP contribution in [0, 0.1) is 11.6 Å². The molecule has 0 saturated carbocycles.